The van der Waals surface area contributed by atoms with Gasteiger partial charge in [0.25, 0.3) is 5.78 Å². The van der Waals surface area contributed by atoms with Gasteiger partial charge in [0.2, 0.25) is 0 Å². The highest BCUT2D eigenvalue weighted by Crippen LogP contribution is 2.39. The molecule has 0 spiro atoms. The number of rotatable bonds is 4. The molecule has 0 aliphatic heterocycles. The summed E-state index contributed by atoms with van der Waals surface area (Å²) in [6, 6.07) is 2.00. The summed E-state index contributed by atoms with van der Waals surface area (Å²) in [5, 5.41) is 7.69. The van der Waals surface area contributed by atoms with Crippen LogP contribution in [0.2, 0.25) is 0 Å². The van der Waals surface area contributed by atoms with Gasteiger partial charge < -0.3 is 5.32 Å². The Bertz CT molecular complexity index is 573. The van der Waals surface area contributed by atoms with Crippen molar-refractivity contribution in [1.82, 2.24) is 19.6 Å². The van der Waals surface area contributed by atoms with Gasteiger partial charge in [-0.25, -0.2) is 4.98 Å². The van der Waals surface area contributed by atoms with E-state index in [1.165, 1.54) is 32.0 Å². The third-order valence-corrected chi connectivity index (χ3v) is 4.54. The highest BCUT2D eigenvalue weighted by molar-refractivity contribution is 6.18. The van der Waals surface area contributed by atoms with E-state index in [1.807, 2.05) is 13.0 Å². The van der Waals surface area contributed by atoms with Gasteiger partial charge >= 0.3 is 0 Å². The number of nitrogens with one attached hydrogen (secondary N) is 1. The molecular formula is C13H18ClN5. The zero-order valence-electron chi connectivity index (χ0n) is 11.1. The molecule has 1 aliphatic rings. The maximum Gasteiger partial charge on any atom is 0.254 e. The molecule has 0 aromatic carbocycles. The third-order valence-electron chi connectivity index (χ3n) is 3.97. The van der Waals surface area contributed by atoms with Gasteiger partial charge in [-0.2, -0.15) is 14.6 Å². The highest BCUT2D eigenvalue weighted by atomic mass is 35.5. The summed E-state index contributed by atoms with van der Waals surface area (Å²) in [7, 11) is 0. The van der Waals surface area contributed by atoms with Gasteiger partial charge in [-0.1, -0.05) is 12.8 Å². The molecule has 1 fully saturated rings. The summed E-state index contributed by atoms with van der Waals surface area (Å²) in [4.78, 5) is 8.47. The molecule has 0 radical (unpaired) electrons. The Kier molecular flexibility index (Phi) is 3.31. The van der Waals surface area contributed by atoms with Crippen LogP contribution in [0.4, 0.5) is 5.82 Å². The number of anilines is 1. The zero-order valence-corrected chi connectivity index (χ0v) is 11.8. The number of hydrogen-bond donors (Lipinski definition) is 1. The molecule has 19 heavy (non-hydrogen) atoms. The fourth-order valence-corrected chi connectivity index (χ4v) is 3.18. The lowest BCUT2D eigenvalue weighted by Crippen LogP contribution is -2.29. The van der Waals surface area contributed by atoms with Gasteiger partial charge in [0.1, 0.15) is 12.1 Å². The van der Waals surface area contributed by atoms with Crippen LogP contribution >= 0.6 is 11.6 Å². The van der Waals surface area contributed by atoms with E-state index in [0.29, 0.717) is 11.7 Å². The lowest BCUT2D eigenvalue weighted by Gasteiger charge is -2.27. The fraction of sp³-hybridized carbons (Fsp3) is 0.615. The van der Waals surface area contributed by atoms with Crippen LogP contribution in [0.1, 0.15) is 31.4 Å². The van der Waals surface area contributed by atoms with Crippen molar-refractivity contribution in [2.45, 2.75) is 32.6 Å². The van der Waals surface area contributed by atoms with Crippen LogP contribution in [0, 0.1) is 12.3 Å². The first-order valence-electron chi connectivity index (χ1n) is 6.70. The van der Waals surface area contributed by atoms with Crippen LogP contribution < -0.4 is 5.32 Å². The van der Waals surface area contributed by atoms with Gasteiger partial charge in [-0.05, 0) is 19.8 Å². The number of nitrogens with zero attached hydrogens (tertiary/aromatic N) is 4. The molecular weight excluding hydrogens is 262 g/mol. The fourth-order valence-electron chi connectivity index (χ4n) is 2.82. The highest BCUT2D eigenvalue weighted by Gasteiger charge is 2.32. The van der Waals surface area contributed by atoms with Crippen molar-refractivity contribution in [3.8, 4) is 0 Å². The molecule has 1 saturated carbocycles. The molecule has 102 valence electrons. The van der Waals surface area contributed by atoms with E-state index in [4.69, 9.17) is 11.6 Å². The molecule has 6 heteroatoms. The summed E-state index contributed by atoms with van der Waals surface area (Å²) >= 11 is 6.17. The zero-order chi connectivity index (χ0) is 13.3. The van der Waals surface area contributed by atoms with Crippen molar-refractivity contribution in [3.05, 3.63) is 18.1 Å². The van der Waals surface area contributed by atoms with Crippen molar-refractivity contribution in [2.24, 2.45) is 5.41 Å². The maximum absolute atomic E-state index is 6.17. The number of aromatic nitrogens is 4. The minimum Gasteiger partial charge on any atom is -0.369 e. The van der Waals surface area contributed by atoms with Gasteiger partial charge in [0.15, 0.2) is 0 Å². The summed E-state index contributed by atoms with van der Waals surface area (Å²) in [6.45, 7) is 2.85. The quantitative estimate of drug-likeness (QED) is 0.874. The molecule has 0 saturated heterocycles. The van der Waals surface area contributed by atoms with E-state index < -0.39 is 0 Å². The summed E-state index contributed by atoms with van der Waals surface area (Å²) in [5.74, 6) is 2.29. The van der Waals surface area contributed by atoms with E-state index in [0.717, 1.165) is 18.1 Å². The minimum atomic E-state index is 0.228. The second kappa shape index (κ2) is 4.96. The Balaban J connectivity index is 1.83. The molecule has 0 unspecified atom stereocenters. The first-order chi connectivity index (χ1) is 9.22. The third kappa shape index (κ3) is 2.39. The average molecular weight is 280 g/mol. The van der Waals surface area contributed by atoms with Crippen molar-refractivity contribution >= 4 is 23.2 Å². The van der Waals surface area contributed by atoms with Gasteiger partial charge in [0, 0.05) is 29.6 Å². The van der Waals surface area contributed by atoms with E-state index in [1.54, 1.807) is 4.52 Å². The number of hydrogen-bond acceptors (Lipinski definition) is 4. The first kappa shape index (κ1) is 12.7. The second-order valence-electron chi connectivity index (χ2n) is 5.45. The van der Waals surface area contributed by atoms with Crippen LogP contribution in [0.15, 0.2) is 12.4 Å². The Morgan fingerprint density at radius 3 is 2.95 bits per heavy atom. The lowest BCUT2D eigenvalue weighted by atomic mass is 9.88. The smallest absolute Gasteiger partial charge is 0.254 e. The Labute approximate surface area is 117 Å². The van der Waals surface area contributed by atoms with E-state index in [-0.39, 0.29) is 5.41 Å². The van der Waals surface area contributed by atoms with Crippen molar-refractivity contribution in [3.63, 3.8) is 0 Å². The van der Waals surface area contributed by atoms with Crippen molar-refractivity contribution < 1.29 is 0 Å². The number of alkyl halides is 1. The molecule has 2 aromatic heterocycles. The summed E-state index contributed by atoms with van der Waals surface area (Å²) in [6.07, 6.45) is 6.49. The summed E-state index contributed by atoms with van der Waals surface area (Å²) < 4.78 is 1.74. The molecule has 5 nitrogen and oxygen atoms in total. The maximum atomic E-state index is 6.17. The topological polar surface area (TPSA) is 55.1 Å². The standard InChI is InChI=1S/C13H18ClN5/c1-10-6-11(19-12(18-10)16-9-17-19)15-8-13(7-14)4-2-3-5-13/h6,9,15H,2-5,7-8H2,1H3. The molecule has 3 rings (SSSR count). The first-order valence-corrected chi connectivity index (χ1v) is 7.23. The monoisotopic (exact) mass is 279 g/mol. The van der Waals surface area contributed by atoms with E-state index in [2.05, 4.69) is 20.4 Å². The van der Waals surface area contributed by atoms with Crippen LogP contribution in [0.3, 0.4) is 0 Å². The Morgan fingerprint density at radius 1 is 1.42 bits per heavy atom. The van der Waals surface area contributed by atoms with Gasteiger partial charge in [-0.3, -0.25) is 0 Å². The number of halogens is 1. The summed E-state index contributed by atoms with van der Waals surface area (Å²) in [5.41, 5.74) is 1.17. The molecule has 1 aliphatic carbocycles. The molecule has 2 aromatic rings. The lowest BCUT2D eigenvalue weighted by molar-refractivity contribution is 0.368. The predicted octanol–water partition coefficient (Wildman–Crippen LogP) is 2.64. The molecule has 2 heterocycles. The van der Waals surface area contributed by atoms with Crippen molar-refractivity contribution in [1.29, 1.82) is 0 Å². The van der Waals surface area contributed by atoms with Crippen LogP contribution in [-0.2, 0) is 0 Å². The van der Waals surface area contributed by atoms with Crippen LogP contribution in [0.25, 0.3) is 5.78 Å². The van der Waals surface area contributed by atoms with Gasteiger partial charge in [0.05, 0.1) is 0 Å². The predicted molar refractivity (Wildman–Crippen MR) is 75.6 cm³/mol. The number of aryl methyl sites for hydroxylation is 1. The largest absolute Gasteiger partial charge is 0.369 e. The average Bonchev–Trinajstić information content (AvgIpc) is 3.05. The Hall–Kier alpha value is -1.36. The molecule has 0 atom stereocenters. The van der Waals surface area contributed by atoms with Gasteiger partial charge in [-0.15, -0.1) is 11.6 Å². The minimum absolute atomic E-state index is 0.228. The van der Waals surface area contributed by atoms with Crippen molar-refractivity contribution in [2.75, 3.05) is 17.7 Å². The van der Waals surface area contributed by atoms with E-state index in [9.17, 15) is 0 Å². The SMILES string of the molecule is Cc1cc(NCC2(CCl)CCCC2)n2ncnc2n1. The van der Waals surface area contributed by atoms with Crippen LogP contribution in [-0.4, -0.2) is 32.0 Å². The number of fused-ring (bicyclic) bond motifs is 1. The van der Waals surface area contributed by atoms with Crippen LogP contribution in [0.5, 0.6) is 0 Å². The molecule has 0 amide bonds. The second-order valence-corrected chi connectivity index (χ2v) is 5.72. The normalized spacial score (nSPS) is 18.0. The Morgan fingerprint density at radius 2 is 2.21 bits per heavy atom. The molecule has 0 bridgehead atoms. The molecule has 1 N–H and O–H groups in total. The van der Waals surface area contributed by atoms with E-state index >= 15 is 0 Å².